The van der Waals surface area contributed by atoms with Gasteiger partial charge >= 0.3 is 0 Å². The second-order valence-corrected chi connectivity index (χ2v) is 16.6. The van der Waals surface area contributed by atoms with Crippen molar-refractivity contribution in [3.8, 4) is 66.9 Å². The van der Waals surface area contributed by atoms with E-state index in [4.69, 9.17) is 4.98 Å². The number of aromatic nitrogens is 2. The van der Waals surface area contributed by atoms with E-state index in [0.29, 0.717) is 0 Å². The lowest BCUT2D eigenvalue weighted by Crippen LogP contribution is -2.15. The predicted octanol–water partition coefficient (Wildman–Crippen LogP) is 14.1. The Morgan fingerprint density at radius 3 is 1.41 bits per heavy atom. The van der Waals surface area contributed by atoms with Crippen LogP contribution >= 0.6 is 0 Å². The summed E-state index contributed by atoms with van der Waals surface area (Å²) < 4.78 is 0. The number of hydrogen-bond acceptors (Lipinski definition) is 2. The molecule has 0 atom stereocenters. The summed E-state index contributed by atoms with van der Waals surface area (Å²) in [5.41, 5.74) is 20.9. The molecule has 2 heteroatoms. The van der Waals surface area contributed by atoms with Crippen molar-refractivity contribution in [2.75, 3.05) is 0 Å². The molecule has 0 spiro atoms. The summed E-state index contributed by atoms with van der Waals surface area (Å²) in [5, 5.41) is 3.53. The van der Waals surface area contributed by atoms with Crippen molar-refractivity contribution in [2.45, 2.75) is 38.5 Å². The van der Waals surface area contributed by atoms with Crippen LogP contribution in [0.2, 0.25) is 0 Å². The topological polar surface area (TPSA) is 25.8 Å². The molecule has 0 saturated carbocycles. The van der Waals surface area contributed by atoms with Crippen LogP contribution in [0, 0.1) is 0 Å². The quantitative estimate of drug-likeness (QED) is 0.170. The molecule has 0 fully saturated rings. The number of nitrogens with zero attached hydrogens (tertiary/aromatic N) is 2. The van der Waals surface area contributed by atoms with E-state index in [-0.39, 0.29) is 10.8 Å². The van der Waals surface area contributed by atoms with Gasteiger partial charge in [-0.1, -0.05) is 149 Å². The molecule has 0 bridgehead atoms. The van der Waals surface area contributed by atoms with Gasteiger partial charge in [-0.15, -0.1) is 0 Å². The molecule has 0 saturated heterocycles. The Hall–Kier alpha value is -6.64. The Morgan fingerprint density at radius 2 is 0.804 bits per heavy atom. The summed E-state index contributed by atoms with van der Waals surface area (Å²) in [4.78, 5) is 9.74. The van der Waals surface area contributed by atoms with E-state index in [9.17, 15) is 0 Å². The molecule has 2 aliphatic rings. The maximum atomic E-state index is 5.53. The lowest BCUT2D eigenvalue weighted by Gasteiger charge is -2.23. The Labute approximate surface area is 328 Å². The van der Waals surface area contributed by atoms with Gasteiger partial charge in [0.15, 0.2) is 0 Å². The summed E-state index contributed by atoms with van der Waals surface area (Å²) >= 11 is 0. The van der Waals surface area contributed by atoms with Gasteiger partial charge in [0.1, 0.15) is 0 Å². The molecular weight excluding hydrogens is 677 g/mol. The minimum Gasteiger partial charge on any atom is -0.265 e. The SMILES string of the molecule is CC1(C)c2ccccc2-c2ccc(-c3cc4c(-c5ccc6c(c5)C(C)(C)c5ccccc5-6)cc(-c5ccc(-c6ccncc6)cc5)nc4c4ccccc34)cc21. The van der Waals surface area contributed by atoms with Gasteiger partial charge in [-0.2, -0.15) is 0 Å². The van der Waals surface area contributed by atoms with Gasteiger partial charge in [0.05, 0.1) is 11.2 Å². The zero-order valence-corrected chi connectivity index (χ0v) is 32.1. The van der Waals surface area contributed by atoms with Crippen molar-refractivity contribution < 1.29 is 0 Å². The predicted molar refractivity (Wildman–Crippen MR) is 234 cm³/mol. The first-order chi connectivity index (χ1) is 27.3. The average Bonchev–Trinajstić information content (AvgIpc) is 3.62. The maximum absolute atomic E-state index is 5.53. The first kappa shape index (κ1) is 32.8. The van der Waals surface area contributed by atoms with E-state index in [1.165, 1.54) is 72.1 Å². The van der Waals surface area contributed by atoms with Gasteiger partial charge in [-0.3, -0.25) is 4.98 Å². The number of hydrogen-bond donors (Lipinski definition) is 0. The fourth-order valence-electron chi connectivity index (χ4n) is 9.80. The van der Waals surface area contributed by atoms with Crippen LogP contribution in [0.5, 0.6) is 0 Å². The van der Waals surface area contributed by atoms with Crippen LogP contribution in [-0.4, -0.2) is 9.97 Å². The first-order valence-electron chi connectivity index (χ1n) is 19.6. The molecule has 56 heavy (non-hydrogen) atoms. The maximum Gasteiger partial charge on any atom is 0.0794 e. The second-order valence-electron chi connectivity index (χ2n) is 16.6. The highest BCUT2D eigenvalue weighted by Crippen LogP contribution is 2.52. The molecule has 0 aliphatic heterocycles. The van der Waals surface area contributed by atoms with Crippen LogP contribution in [0.1, 0.15) is 49.9 Å². The summed E-state index contributed by atoms with van der Waals surface area (Å²) in [5.74, 6) is 0. The zero-order chi connectivity index (χ0) is 37.8. The van der Waals surface area contributed by atoms with Gasteiger partial charge in [-0.25, -0.2) is 4.98 Å². The minimum atomic E-state index is -0.108. The molecular formula is C54H40N2. The largest absolute Gasteiger partial charge is 0.265 e. The average molecular weight is 717 g/mol. The van der Waals surface area contributed by atoms with Crippen LogP contribution in [0.4, 0.5) is 0 Å². The van der Waals surface area contributed by atoms with Gasteiger partial charge in [0.25, 0.3) is 0 Å². The van der Waals surface area contributed by atoms with E-state index in [1.807, 2.05) is 12.4 Å². The second kappa shape index (κ2) is 11.9. The fourth-order valence-corrected chi connectivity index (χ4v) is 9.80. The highest BCUT2D eigenvalue weighted by Gasteiger charge is 2.36. The van der Waals surface area contributed by atoms with E-state index in [0.717, 1.165) is 38.7 Å². The normalized spacial score (nSPS) is 14.4. The smallest absolute Gasteiger partial charge is 0.0794 e. The minimum absolute atomic E-state index is 0.0854. The van der Waals surface area contributed by atoms with Gasteiger partial charge in [0, 0.05) is 39.6 Å². The lowest BCUT2D eigenvalue weighted by atomic mass is 9.81. The van der Waals surface area contributed by atoms with Crippen molar-refractivity contribution >= 4 is 21.7 Å². The van der Waals surface area contributed by atoms with Crippen molar-refractivity contribution in [1.29, 1.82) is 0 Å². The molecule has 2 nitrogen and oxygen atoms in total. The Kier molecular flexibility index (Phi) is 6.98. The van der Waals surface area contributed by atoms with E-state index >= 15 is 0 Å². The standard InChI is InChI=1S/C54H40N2/c1-53(2)47-15-9-7-12-39(47)41-23-21-36(29-49(41)53)44-31-46-45(37-22-24-42-40-13-8-10-16-48(40)54(3,4)50(42)30-37)32-51(56-52(46)43-14-6-5-11-38(43)44)35-19-17-33(18-20-35)34-25-27-55-28-26-34/h5-32H,1-4H3. The van der Waals surface area contributed by atoms with E-state index < -0.39 is 0 Å². The molecule has 0 unspecified atom stereocenters. The summed E-state index contributed by atoms with van der Waals surface area (Å²) in [6.45, 7) is 9.45. The number of fused-ring (bicyclic) bond motifs is 9. The molecule has 9 aromatic rings. The van der Waals surface area contributed by atoms with E-state index in [1.54, 1.807) is 0 Å². The zero-order valence-electron chi connectivity index (χ0n) is 32.1. The molecule has 2 aromatic heterocycles. The van der Waals surface area contributed by atoms with Crippen molar-refractivity contribution in [3.05, 3.63) is 192 Å². The van der Waals surface area contributed by atoms with Crippen LogP contribution < -0.4 is 0 Å². The summed E-state index contributed by atoms with van der Waals surface area (Å²) in [7, 11) is 0. The van der Waals surface area contributed by atoms with E-state index in [2.05, 4.69) is 190 Å². The monoisotopic (exact) mass is 716 g/mol. The highest BCUT2D eigenvalue weighted by atomic mass is 14.7. The van der Waals surface area contributed by atoms with Crippen LogP contribution in [0.15, 0.2) is 170 Å². The molecule has 11 rings (SSSR count). The first-order valence-corrected chi connectivity index (χ1v) is 19.6. The molecule has 0 N–H and O–H groups in total. The molecule has 2 heterocycles. The summed E-state index contributed by atoms with van der Waals surface area (Å²) in [6.07, 6.45) is 3.69. The molecule has 0 amide bonds. The van der Waals surface area contributed by atoms with Crippen LogP contribution in [0.25, 0.3) is 88.6 Å². The Balaban J connectivity index is 1.16. The number of rotatable bonds is 4. The van der Waals surface area contributed by atoms with Crippen molar-refractivity contribution in [3.63, 3.8) is 0 Å². The molecule has 2 aliphatic carbocycles. The Morgan fingerprint density at radius 1 is 0.339 bits per heavy atom. The molecule has 7 aromatic carbocycles. The molecule has 266 valence electrons. The van der Waals surface area contributed by atoms with Gasteiger partial charge < -0.3 is 0 Å². The third-order valence-electron chi connectivity index (χ3n) is 12.8. The van der Waals surface area contributed by atoms with Gasteiger partial charge in [-0.05, 0) is 120 Å². The lowest BCUT2D eigenvalue weighted by molar-refractivity contribution is 0.660. The summed E-state index contributed by atoms with van der Waals surface area (Å²) in [6, 6.07) is 58.5. The van der Waals surface area contributed by atoms with Gasteiger partial charge in [0.2, 0.25) is 0 Å². The van der Waals surface area contributed by atoms with Crippen LogP contribution in [-0.2, 0) is 10.8 Å². The van der Waals surface area contributed by atoms with Crippen LogP contribution in [0.3, 0.4) is 0 Å². The fraction of sp³-hybridized carbons (Fsp3) is 0.111. The number of benzene rings is 7. The highest BCUT2D eigenvalue weighted by molar-refractivity contribution is 6.16. The van der Waals surface area contributed by atoms with Crippen molar-refractivity contribution in [1.82, 2.24) is 9.97 Å². The Bertz CT molecular complexity index is 3060. The van der Waals surface area contributed by atoms with Crippen molar-refractivity contribution in [2.24, 2.45) is 0 Å². The molecule has 0 radical (unpaired) electrons. The third-order valence-corrected chi connectivity index (χ3v) is 12.8. The third kappa shape index (κ3) is 4.75. The number of pyridine rings is 2.